The second-order valence-corrected chi connectivity index (χ2v) is 8.30. The second kappa shape index (κ2) is 9.31. The van der Waals surface area contributed by atoms with Crippen molar-refractivity contribution in [2.75, 3.05) is 11.9 Å². The van der Waals surface area contributed by atoms with Crippen LogP contribution in [-0.2, 0) is 14.4 Å². The first-order valence-corrected chi connectivity index (χ1v) is 10.4. The van der Waals surface area contributed by atoms with Gasteiger partial charge in [-0.2, -0.15) is 0 Å². The van der Waals surface area contributed by atoms with Gasteiger partial charge in [0.15, 0.2) is 0 Å². The monoisotopic (exact) mass is 423 g/mol. The predicted octanol–water partition coefficient (Wildman–Crippen LogP) is 2.40. The molecule has 0 unspecified atom stereocenters. The summed E-state index contributed by atoms with van der Waals surface area (Å²) < 4.78 is 0. The molecule has 0 saturated heterocycles. The quantitative estimate of drug-likeness (QED) is 0.664. The summed E-state index contributed by atoms with van der Waals surface area (Å²) in [4.78, 5) is 39.6. The number of carbonyl (C=O) groups excluding carboxylic acids is 3. The first kappa shape index (κ1) is 22.5. The number of nitrogens with one attached hydrogen (secondary N) is 2. The highest BCUT2D eigenvalue weighted by Crippen LogP contribution is 2.39. The molecular formula is C24H29N3O4. The van der Waals surface area contributed by atoms with Crippen LogP contribution in [-0.4, -0.2) is 42.0 Å². The Kier molecular flexibility index (Phi) is 6.75. The number of carbonyl (C=O) groups is 3. The van der Waals surface area contributed by atoms with Gasteiger partial charge >= 0.3 is 0 Å². The molecule has 164 valence electrons. The van der Waals surface area contributed by atoms with E-state index in [9.17, 15) is 19.5 Å². The molecule has 7 nitrogen and oxygen atoms in total. The van der Waals surface area contributed by atoms with Gasteiger partial charge in [-0.25, -0.2) is 0 Å². The average Bonchev–Trinajstić information content (AvgIpc) is 2.83. The molecule has 3 amide bonds. The van der Waals surface area contributed by atoms with Gasteiger partial charge in [-0.15, -0.1) is 0 Å². The van der Waals surface area contributed by atoms with E-state index in [0.717, 1.165) is 22.4 Å². The van der Waals surface area contributed by atoms with Gasteiger partial charge in [-0.3, -0.25) is 14.4 Å². The number of benzene rings is 2. The Hall–Kier alpha value is -3.19. The van der Waals surface area contributed by atoms with Gasteiger partial charge in [0.2, 0.25) is 11.8 Å². The van der Waals surface area contributed by atoms with Crippen molar-refractivity contribution in [3.63, 3.8) is 0 Å². The fourth-order valence-corrected chi connectivity index (χ4v) is 3.75. The Morgan fingerprint density at radius 2 is 1.65 bits per heavy atom. The second-order valence-electron chi connectivity index (χ2n) is 8.30. The summed E-state index contributed by atoms with van der Waals surface area (Å²) in [6.07, 6.45) is -1.15. The summed E-state index contributed by atoms with van der Waals surface area (Å²) in [5.41, 5.74) is 3.32. The molecule has 0 saturated carbocycles. The van der Waals surface area contributed by atoms with Gasteiger partial charge in [-0.05, 0) is 30.0 Å². The summed E-state index contributed by atoms with van der Waals surface area (Å²) in [6, 6.07) is 13.8. The lowest BCUT2D eigenvalue weighted by atomic mass is 9.95. The molecule has 0 aromatic heterocycles. The van der Waals surface area contributed by atoms with Gasteiger partial charge in [0, 0.05) is 25.1 Å². The fraction of sp³-hybridized carbons (Fsp3) is 0.375. The van der Waals surface area contributed by atoms with E-state index in [1.807, 2.05) is 48.5 Å². The van der Waals surface area contributed by atoms with Crippen LogP contribution in [0, 0.1) is 5.92 Å². The lowest BCUT2D eigenvalue weighted by molar-refractivity contribution is -0.132. The molecule has 2 aromatic carbocycles. The van der Waals surface area contributed by atoms with E-state index >= 15 is 0 Å². The van der Waals surface area contributed by atoms with E-state index < -0.39 is 24.1 Å². The summed E-state index contributed by atoms with van der Waals surface area (Å²) in [7, 11) is 1.70. The summed E-state index contributed by atoms with van der Waals surface area (Å²) >= 11 is 0. The van der Waals surface area contributed by atoms with E-state index in [4.69, 9.17) is 0 Å². The number of anilines is 1. The van der Waals surface area contributed by atoms with Crippen LogP contribution in [0.25, 0.3) is 11.1 Å². The summed E-state index contributed by atoms with van der Waals surface area (Å²) in [5.74, 6) is -1.34. The molecule has 1 heterocycles. The first-order valence-electron chi connectivity index (χ1n) is 10.4. The average molecular weight is 424 g/mol. The molecule has 0 radical (unpaired) electrons. The number of rotatable bonds is 6. The largest absolute Gasteiger partial charge is 0.383 e. The third-order valence-corrected chi connectivity index (χ3v) is 5.49. The van der Waals surface area contributed by atoms with E-state index in [-0.39, 0.29) is 24.2 Å². The van der Waals surface area contributed by atoms with Crippen molar-refractivity contribution in [1.29, 1.82) is 0 Å². The molecule has 0 fully saturated rings. The molecule has 0 spiro atoms. The minimum atomic E-state index is -1.13. The Labute approximate surface area is 182 Å². The van der Waals surface area contributed by atoms with Crippen LogP contribution in [0.2, 0.25) is 0 Å². The van der Waals surface area contributed by atoms with Gasteiger partial charge in [-0.1, -0.05) is 56.3 Å². The van der Waals surface area contributed by atoms with Crippen molar-refractivity contribution >= 4 is 23.4 Å². The third kappa shape index (κ3) is 4.77. The van der Waals surface area contributed by atoms with E-state index in [1.54, 1.807) is 32.7 Å². The standard InChI is InChI=1S/C24H29N3O4/c1-14(2)22(29)23(30)25-15(3)13-20(28)26-21-18-11-6-5-9-16(18)17-10-7-8-12-19(17)27(4)24(21)31/h5-12,14-15,21-22,29H,13H2,1-4H3,(H,25,30)(H,26,28)/t15-,21+,22+/m1/s1. The van der Waals surface area contributed by atoms with Crippen molar-refractivity contribution < 1.29 is 19.5 Å². The number of hydrogen-bond donors (Lipinski definition) is 3. The number of para-hydroxylation sites is 1. The van der Waals surface area contributed by atoms with Crippen LogP contribution in [0.1, 0.15) is 38.8 Å². The van der Waals surface area contributed by atoms with Crippen molar-refractivity contribution in [1.82, 2.24) is 10.6 Å². The van der Waals surface area contributed by atoms with E-state index in [0.29, 0.717) is 0 Å². The minimum Gasteiger partial charge on any atom is -0.383 e. The Morgan fingerprint density at radius 3 is 2.32 bits per heavy atom. The zero-order valence-electron chi connectivity index (χ0n) is 18.3. The number of aliphatic hydroxyl groups is 1. The van der Waals surface area contributed by atoms with Crippen molar-refractivity contribution in [3.05, 3.63) is 54.1 Å². The molecule has 7 heteroatoms. The molecule has 0 bridgehead atoms. The Balaban J connectivity index is 1.79. The van der Waals surface area contributed by atoms with E-state index in [2.05, 4.69) is 10.6 Å². The molecule has 31 heavy (non-hydrogen) atoms. The molecule has 3 N–H and O–H groups in total. The molecule has 2 aromatic rings. The predicted molar refractivity (Wildman–Crippen MR) is 119 cm³/mol. The van der Waals surface area contributed by atoms with Gasteiger partial charge in [0.1, 0.15) is 12.1 Å². The lowest BCUT2D eigenvalue weighted by Gasteiger charge is -2.24. The number of aliphatic hydroxyl groups excluding tert-OH is 1. The number of fused-ring (bicyclic) bond motifs is 3. The minimum absolute atomic E-state index is 0.0147. The van der Waals surface area contributed by atoms with Gasteiger partial charge < -0.3 is 20.6 Å². The normalized spacial score (nSPS) is 17.3. The molecule has 3 atom stereocenters. The smallest absolute Gasteiger partial charge is 0.253 e. The van der Waals surface area contributed by atoms with Crippen molar-refractivity contribution in [3.8, 4) is 11.1 Å². The number of amides is 3. The Morgan fingerprint density at radius 1 is 1.03 bits per heavy atom. The third-order valence-electron chi connectivity index (χ3n) is 5.49. The topological polar surface area (TPSA) is 98.7 Å². The molecule has 0 aliphatic carbocycles. The lowest BCUT2D eigenvalue weighted by Crippen LogP contribution is -2.45. The van der Waals surface area contributed by atoms with Crippen molar-refractivity contribution in [2.45, 2.75) is 45.4 Å². The zero-order chi connectivity index (χ0) is 22.7. The number of nitrogens with zero attached hydrogens (tertiary/aromatic N) is 1. The van der Waals surface area contributed by atoms with Crippen LogP contribution in [0.4, 0.5) is 5.69 Å². The van der Waals surface area contributed by atoms with Crippen LogP contribution in [0.5, 0.6) is 0 Å². The van der Waals surface area contributed by atoms with E-state index in [1.165, 1.54) is 0 Å². The SMILES string of the molecule is CC(C)[C@H](O)C(=O)N[C@H](C)CC(=O)N[C@@H]1C(=O)N(C)c2ccccc2-c2ccccc21. The fourth-order valence-electron chi connectivity index (χ4n) is 3.75. The maximum absolute atomic E-state index is 13.2. The van der Waals surface area contributed by atoms with Crippen LogP contribution in [0.15, 0.2) is 48.5 Å². The molecular weight excluding hydrogens is 394 g/mol. The summed E-state index contributed by atoms with van der Waals surface area (Å²) in [6.45, 7) is 5.17. The zero-order valence-corrected chi connectivity index (χ0v) is 18.3. The summed E-state index contributed by atoms with van der Waals surface area (Å²) in [5, 5.41) is 15.4. The van der Waals surface area contributed by atoms with Gasteiger partial charge in [0.05, 0.1) is 5.69 Å². The maximum Gasteiger partial charge on any atom is 0.253 e. The van der Waals surface area contributed by atoms with Crippen LogP contribution < -0.4 is 15.5 Å². The number of hydrogen-bond acceptors (Lipinski definition) is 4. The maximum atomic E-state index is 13.2. The van der Waals surface area contributed by atoms with Crippen LogP contribution in [0.3, 0.4) is 0 Å². The highest BCUT2D eigenvalue weighted by molar-refractivity contribution is 6.06. The molecule has 1 aliphatic heterocycles. The molecule has 1 aliphatic rings. The Bertz CT molecular complexity index is 988. The van der Waals surface area contributed by atoms with Gasteiger partial charge in [0.25, 0.3) is 5.91 Å². The first-order chi connectivity index (χ1) is 14.7. The van der Waals surface area contributed by atoms with Crippen LogP contribution >= 0.6 is 0 Å². The number of likely N-dealkylation sites (N-methyl/N-ethyl adjacent to an activating group) is 1. The van der Waals surface area contributed by atoms with Crippen molar-refractivity contribution in [2.24, 2.45) is 5.92 Å². The highest BCUT2D eigenvalue weighted by atomic mass is 16.3. The molecule has 3 rings (SSSR count). The highest BCUT2D eigenvalue weighted by Gasteiger charge is 2.33.